The molecule has 2 N–H and O–H groups in total. The largest absolute Gasteiger partial charge is 0.483 e. The van der Waals surface area contributed by atoms with Gasteiger partial charge >= 0.3 is 5.97 Å². The van der Waals surface area contributed by atoms with E-state index in [1.54, 1.807) is 6.92 Å². The maximum atomic E-state index is 11.8. The van der Waals surface area contributed by atoms with Crippen LogP contribution in [0.4, 0.5) is 0 Å². The molecule has 0 saturated carbocycles. The smallest absolute Gasteiger partial charge is 0.311 e. The summed E-state index contributed by atoms with van der Waals surface area (Å²) >= 11 is 0. The number of Topliss-reactive ketones (excluding diaryl/α,β-unsaturated/α-hetero) is 1. The van der Waals surface area contributed by atoms with E-state index in [9.17, 15) is 9.59 Å². The first-order chi connectivity index (χ1) is 7.99. The van der Waals surface area contributed by atoms with Gasteiger partial charge < -0.3 is 15.2 Å². The molecule has 96 valence electrons. The number of nitrogens with two attached hydrogens (primary N) is 1. The molecule has 2 unspecified atom stereocenters. The van der Waals surface area contributed by atoms with E-state index in [0.29, 0.717) is 18.7 Å². The Morgan fingerprint density at radius 2 is 2.24 bits per heavy atom. The Labute approximate surface area is 101 Å². The van der Waals surface area contributed by atoms with E-state index in [-0.39, 0.29) is 23.9 Å². The van der Waals surface area contributed by atoms with Gasteiger partial charge in [-0.05, 0) is 25.8 Å². The van der Waals surface area contributed by atoms with E-state index in [1.807, 2.05) is 13.8 Å². The van der Waals surface area contributed by atoms with Crippen molar-refractivity contribution in [3.05, 3.63) is 11.5 Å². The summed E-state index contributed by atoms with van der Waals surface area (Å²) in [6, 6.07) is 0. The molecule has 0 bridgehead atoms. The van der Waals surface area contributed by atoms with Crippen LogP contribution in [0.2, 0.25) is 0 Å². The van der Waals surface area contributed by atoms with E-state index in [1.165, 1.54) is 0 Å². The van der Waals surface area contributed by atoms with Crippen LogP contribution in [-0.2, 0) is 19.1 Å². The predicted octanol–water partition coefficient (Wildman–Crippen LogP) is 1.12. The van der Waals surface area contributed by atoms with Gasteiger partial charge in [0.2, 0.25) is 11.5 Å². The Balaban J connectivity index is 2.60. The predicted molar refractivity (Wildman–Crippen MR) is 61.8 cm³/mol. The van der Waals surface area contributed by atoms with Gasteiger partial charge in [-0.25, -0.2) is 0 Å². The van der Waals surface area contributed by atoms with Gasteiger partial charge in [-0.1, -0.05) is 13.8 Å². The summed E-state index contributed by atoms with van der Waals surface area (Å²) < 4.78 is 10.3. The molecule has 1 aliphatic heterocycles. The van der Waals surface area contributed by atoms with Crippen LogP contribution >= 0.6 is 0 Å². The van der Waals surface area contributed by atoms with Crippen LogP contribution < -0.4 is 5.73 Å². The van der Waals surface area contributed by atoms with Crippen molar-refractivity contribution in [2.24, 2.45) is 11.7 Å². The van der Waals surface area contributed by atoms with Crippen LogP contribution in [0.1, 0.15) is 33.6 Å². The molecule has 5 nitrogen and oxygen atoms in total. The molecule has 0 spiro atoms. The number of hydrogen-bond donors (Lipinski definition) is 1. The Morgan fingerprint density at radius 1 is 1.59 bits per heavy atom. The second-order valence-electron chi connectivity index (χ2n) is 4.28. The van der Waals surface area contributed by atoms with Crippen molar-refractivity contribution in [2.75, 3.05) is 6.54 Å². The van der Waals surface area contributed by atoms with Crippen LogP contribution in [0.5, 0.6) is 0 Å². The highest BCUT2D eigenvalue weighted by molar-refractivity contribution is 6.01. The topological polar surface area (TPSA) is 78.6 Å². The van der Waals surface area contributed by atoms with Gasteiger partial charge in [0.15, 0.2) is 6.10 Å². The fraction of sp³-hybridized carbons (Fsp3) is 0.667. The summed E-state index contributed by atoms with van der Waals surface area (Å²) in [4.78, 5) is 23.3. The number of ether oxygens (including phenoxy) is 2. The van der Waals surface area contributed by atoms with Crippen molar-refractivity contribution in [2.45, 2.75) is 39.7 Å². The lowest BCUT2D eigenvalue weighted by Crippen LogP contribution is -2.21. The van der Waals surface area contributed by atoms with Crippen molar-refractivity contribution in [3.8, 4) is 0 Å². The number of carbonyl (C=O) groups excluding carboxylic acids is 2. The summed E-state index contributed by atoms with van der Waals surface area (Å²) in [7, 11) is 0. The number of hydrogen-bond acceptors (Lipinski definition) is 5. The standard InChI is InChI=1S/C12H19NO4/c1-4-9-11(15)12(8(3)16-9)17-10(14)5-7(2)6-13/h7,9H,4-6,13H2,1-3H3. The fourth-order valence-corrected chi connectivity index (χ4v) is 1.55. The molecule has 5 heteroatoms. The minimum absolute atomic E-state index is 0.0443. The average Bonchev–Trinajstić information content (AvgIpc) is 2.56. The van der Waals surface area contributed by atoms with E-state index < -0.39 is 12.1 Å². The zero-order valence-corrected chi connectivity index (χ0v) is 10.5. The molecule has 0 radical (unpaired) electrons. The van der Waals surface area contributed by atoms with Gasteiger partial charge in [0.1, 0.15) is 5.76 Å². The molecule has 0 aliphatic carbocycles. The molecule has 0 aromatic heterocycles. The third kappa shape index (κ3) is 3.30. The molecule has 1 aliphatic rings. The van der Waals surface area contributed by atoms with Crippen molar-refractivity contribution >= 4 is 11.8 Å². The first-order valence-electron chi connectivity index (χ1n) is 5.82. The molecule has 0 saturated heterocycles. The Kier molecular flexibility index (Phi) is 4.69. The number of rotatable bonds is 5. The minimum atomic E-state index is -0.510. The highest BCUT2D eigenvalue weighted by Gasteiger charge is 2.34. The van der Waals surface area contributed by atoms with Crippen LogP contribution in [0.15, 0.2) is 11.5 Å². The van der Waals surface area contributed by atoms with Crippen molar-refractivity contribution < 1.29 is 19.1 Å². The second kappa shape index (κ2) is 5.82. The van der Waals surface area contributed by atoms with Gasteiger partial charge in [-0.2, -0.15) is 0 Å². The molecule has 1 rings (SSSR count). The lowest BCUT2D eigenvalue weighted by molar-refractivity contribution is -0.143. The van der Waals surface area contributed by atoms with Crippen molar-refractivity contribution in [1.82, 2.24) is 0 Å². The third-order valence-electron chi connectivity index (χ3n) is 2.66. The summed E-state index contributed by atoms with van der Waals surface area (Å²) in [5.41, 5.74) is 5.42. The van der Waals surface area contributed by atoms with Crippen LogP contribution in [-0.4, -0.2) is 24.4 Å². The zero-order valence-electron chi connectivity index (χ0n) is 10.5. The first-order valence-corrected chi connectivity index (χ1v) is 5.82. The quantitative estimate of drug-likeness (QED) is 0.730. The van der Waals surface area contributed by atoms with Crippen LogP contribution in [0.3, 0.4) is 0 Å². The first kappa shape index (κ1) is 13.7. The van der Waals surface area contributed by atoms with Crippen molar-refractivity contribution in [3.63, 3.8) is 0 Å². The van der Waals surface area contributed by atoms with Gasteiger partial charge in [-0.15, -0.1) is 0 Å². The van der Waals surface area contributed by atoms with Gasteiger partial charge in [0.05, 0.1) is 0 Å². The summed E-state index contributed by atoms with van der Waals surface area (Å²) in [5, 5.41) is 0. The SMILES string of the molecule is CCC1OC(C)=C(OC(=O)CC(C)CN)C1=O. The highest BCUT2D eigenvalue weighted by Crippen LogP contribution is 2.24. The molecular weight excluding hydrogens is 222 g/mol. The molecular formula is C12H19NO4. The maximum Gasteiger partial charge on any atom is 0.311 e. The zero-order chi connectivity index (χ0) is 13.0. The summed E-state index contributed by atoms with van der Waals surface area (Å²) in [6.07, 6.45) is 0.262. The average molecular weight is 241 g/mol. The molecule has 17 heavy (non-hydrogen) atoms. The molecule has 0 fully saturated rings. The summed E-state index contributed by atoms with van der Waals surface area (Å²) in [5.74, 6) is -0.214. The van der Waals surface area contributed by atoms with Crippen LogP contribution in [0.25, 0.3) is 0 Å². The Morgan fingerprint density at radius 3 is 2.71 bits per heavy atom. The number of carbonyl (C=O) groups is 2. The summed E-state index contributed by atoms with van der Waals surface area (Å²) in [6.45, 7) is 5.74. The second-order valence-corrected chi connectivity index (χ2v) is 4.28. The molecule has 1 heterocycles. The lowest BCUT2D eigenvalue weighted by Gasteiger charge is -2.08. The van der Waals surface area contributed by atoms with E-state index >= 15 is 0 Å². The Hall–Kier alpha value is -1.36. The third-order valence-corrected chi connectivity index (χ3v) is 2.66. The van der Waals surface area contributed by atoms with Gasteiger partial charge in [0, 0.05) is 6.42 Å². The van der Waals surface area contributed by atoms with E-state index in [0.717, 1.165) is 0 Å². The number of ketones is 1. The van der Waals surface area contributed by atoms with Crippen molar-refractivity contribution in [1.29, 1.82) is 0 Å². The number of esters is 1. The lowest BCUT2D eigenvalue weighted by atomic mass is 10.1. The molecule has 2 atom stereocenters. The maximum absolute atomic E-state index is 11.8. The molecule has 0 aromatic rings. The van der Waals surface area contributed by atoms with Gasteiger partial charge in [-0.3, -0.25) is 9.59 Å². The Bertz CT molecular complexity index is 348. The molecule has 0 aromatic carbocycles. The fourth-order valence-electron chi connectivity index (χ4n) is 1.55. The normalized spacial score (nSPS) is 21.4. The van der Waals surface area contributed by atoms with E-state index in [4.69, 9.17) is 15.2 Å². The monoisotopic (exact) mass is 241 g/mol. The minimum Gasteiger partial charge on any atom is -0.483 e. The van der Waals surface area contributed by atoms with Gasteiger partial charge in [0.25, 0.3) is 0 Å². The van der Waals surface area contributed by atoms with Crippen LogP contribution in [0, 0.1) is 5.92 Å². The highest BCUT2D eigenvalue weighted by atomic mass is 16.6. The molecule has 0 amide bonds. The van der Waals surface area contributed by atoms with E-state index in [2.05, 4.69) is 0 Å². The number of allylic oxidation sites excluding steroid dienone is 1.